The Kier molecular flexibility index (Phi) is 17.2. The molecule has 0 aliphatic heterocycles. The Morgan fingerprint density at radius 2 is 0.608 bits per heavy atom. The molecule has 0 heterocycles. The van der Waals surface area contributed by atoms with Crippen molar-refractivity contribution in [2.75, 3.05) is 0 Å². The van der Waals surface area contributed by atoms with Crippen molar-refractivity contribution in [2.24, 2.45) is 0 Å². The summed E-state index contributed by atoms with van der Waals surface area (Å²) in [6, 6.07) is 25.9. The van der Waals surface area contributed by atoms with E-state index in [0.29, 0.717) is 44.1 Å². The number of rotatable bonds is 12. The van der Waals surface area contributed by atoms with Crippen molar-refractivity contribution < 1.29 is 37.3 Å². The Labute approximate surface area is 454 Å². The molecular weight excluding hydrogens is 1140 g/mol. The van der Waals surface area contributed by atoms with E-state index in [2.05, 4.69) is 0 Å². The minimum absolute atomic E-state index is 0.109. The van der Waals surface area contributed by atoms with Crippen LogP contribution < -0.4 is 0 Å². The van der Waals surface area contributed by atoms with Gasteiger partial charge in [0.2, 0.25) is 0 Å². The fraction of sp³-hybridized carbons (Fsp3) is 0.0400. The lowest BCUT2D eigenvalue weighted by Gasteiger charge is -2.17. The van der Waals surface area contributed by atoms with Crippen molar-refractivity contribution in [2.45, 2.75) is 33.4 Å². The molecule has 0 N–H and O–H groups in total. The van der Waals surface area contributed by atoms with E-state index in [1.807, 2.05) is 26.0 Å². The molecule has 376 valence electrons. The molecule has 0 atom stereocenters. The van der Waals surface area contributed by atoms with E-state index in [-0.39, 0.29) is 63.8 Å². The van der Waals surface area contributed by atoms with Crippen LogP contribution in [0, 0.1) is 77.6 Å². The van der Waals surface area contributed by atoms with Crippen LogP contribution in [0.15, 0.2) is 141 Å². The number of nitrogens with zero attached hydrogens (tertiary/aromatic N) is 4. The predicted octanol–water partition coefficient (Wildman–Crippen LogP) is 19.1. The zero-order valence-electron chi connectivity index (χ0n) is 37.2. The number of halogens is 10. The zero-order valence-corrected chi connectivity index (χ0v) is 43.4. The summed E-state index contributed by atoms with van der Waals surface area (Å²) in [5.41, 5.74) is 1.72. The van der Waals surface area contributed by atoms with Gasteiger partial charge in [0.05, 0.1) is 50.9 Å². The van der Waals surface area contributed by atoms with Gasteiger partial charge in [-0.1, -0.05) is 93.1 Å². The molecule has 74 heavy (non-hydrogen) atoms. The molecule has 8 rings (SSSR count). The lowest BCUT2D eigenvalue weighted by Crippen LogP contribution is -1.97. The van der Waals surface area contributed by atoms with Crippen molar-refractivity contribution in [3.05, 3.63) is 226 Å². The van der Waals surface area contributed by atoms with Gasteiger partial charge in [-0.3, -0.25) is 40.5 Å². The first-order chi connectivity index (χ1) is 35.0. The number of benzene rings is 8. The second kappa shape index (κ2) is 23.0. The molecule has 0 aliphatic carbocycles. The predicted molar refractivity (Wildman–Crippen MR) is 282 cm³/mol. The lowest BCUT2D eigenvalue weighted by atomic mass is 10.00. The lowest BCUT2D eigenvalue weighted by molar-refractivity contribution is -0.385. The maximum Gasteiger partial charge on any atom is 0.270 e. The standard InChI is InChI=1S/C26H16Cl4N2O4S.C24H10Cl2F4N2O4S/c1-13-23(9-7-19(27)25(13)17-5-3-15(31(33)34)11-21(17)29)37-24-10-8-20(28)26(14(24)2)18-6-4-16(32(35)36)12-22(18)30;25-15-9-11(31(33)34)1-3-13(15)21-17(27)5-7-19(23(21)29)37-20-8-6-18(28)22(24(20)30)14-4-2-12(32(35)36)10-16(14)26/h3-12H,1-2H3;1-10H. The number of hydrogen-bond donors (Lipinski definition) is 0. The van der Waals surface area contributed by atoms with E-state index in [1.165, 1.54) is 36.0 Å². The summed E-state index contributed by atoms with van der Waals surface area (Å²) in [7, 11) is 0. The second-order valence-electron chi connectivity index (χ2n) is 15.4. The molecule has 0 amide bonds. The quantitative estimate of drug-likeness (QED) is 0.0651. The van der Waals surface area contributed by atoms with Gasteiger partial charge >= 0.3 is 0 Å². The Morgan fingerprint density at radius 3 is 0.878 bits per heavy atom. The minimum atomic E-state index is -1.13. The highest BCUT2D eigenvalue weighted by Gasteiger charge is 2.25. The van der Waals surface area contributed by atoms with Crippen LogP contribution >= 0.6 is 93.1 Å². The molecule has 0 spiro atoms. The molecule has 0 saturated carbocycles. The van der Waals surface area contributed by atoms with Gasteiger partial charge in [-0.05, 0) is 97.8 Å². The monoisotopic (exact) mass is 1160 g/mol. The van der Waals surface area contributed by atoms with E-state index < -0.39 is 54.1 Å². The van der Waals surface area contributed by atoms with E-state index in [9.17, 15) is 49.2 Å². The first-order valence-corrected chi connectivity index (χ1v) is 24.6. The first kappa shape index (κ1) is 55.3. The van der Waals surface area contributed by atoms with E-state index in [0.717, 1.165) is 81.6 Å². The average molecular weight is 1160 g/mol. The van der Waals surface area contributed by atoms with E-state index in [1.54, 1.807) is 24.3 Å². The first-order valence-electron chi connectivity index (χ1n) is 20.7. The molecular formula is C50H26Cl6F4N4O8S2. The van der Waals surface area contributed by atoms with Crippen LogP contribution in [0.5, 0.6) is 0 Å². The molecule has 0 fully saturated rings. The molecule has 12 nitrogen and oxygen atoms in total. The summed E-state index contributed by atoms with van der Waals surface area (Å²) in [4.78, 5) is 42.9. The van der Waals surface area contributed by atoms with Gasteiger partial charge in [-0.15, -0.1) is 0 Å². The summed E-state index contributed by atoms with van der Waals surface area (Å²) in [5, 5.41) is 44.9. The van der Waals surface area contributed by atoms with Gasteiger partial charge < -0.3 is 0 Å². The average Bonchev–Trinajstić information content (AvgIpc) is 3.34. The molecule has 8 aromatic rings. The molecule has 24 heteroatoms. The fourth-order valence-corrected chi connectivity index (χ4v) is 11.0. The summed E-state index contributed by atoms with van der Waals surface area (Å²) in [6.45, 7) is 3.81. The summed E-state index contributed by atoms with van der Waals surface area (Å²) in [5.74, 6) is -4.29. The van der Waals surface area contributed by atoms with Crippen molar-refractivity contribution in [1.29, 1.82) is 0 Å². The maximum absolute atomic E-state index is 15.4. The third-order valence-corrected chi connectivity index (χ3v) is 15.3. The molecule has 0 bridgehead atoms. The Balaban J connectivity index is 0.000000216. The third-order valence-electron chi connectivity index (χ3n) is 11.0. The molecule has 0 unspecified atom stereocenters. The van der Waals surface area contributed by atoms with Crippen LogP contribution in [0.1, 0.15) is 11.1 Å². The minimum Gasteiger partial charge on any atom is -0.258 e. The number of nitro groups is 4. The number of hydrogen-bond acceptors (Lipinski definition) is 10. The van der Waals surface area contributed by atoms with E-state index in [4.69, 9.17) is 69.6 Å². The van der Waals surface area contributed by atoms with Crippen LogP contribution in [-0.2, 0) is 0 Å². The van der Waals surface area contributed by atoms with Crippen LogP contribution in [0.3, 0.4) is 0 Å². The van der Waals surface area contributed by atoms with Crippen molar-refractivity contribution in [3.63, 3.8) is 0 Å². The van der Waals surface area contributed by atoms with Crippen LogP contribution in [0.2, 0.25) is 30.1 Å². The highest BCUT2D eigenvalue weighted by atomic mass is 35.5. The second-order valence-corrected chi connectivity index (χ2v) is 20.1. The van der Waals surface area contributed by atoms with Crippen molar-refractivity contribution in [3.8, 4) is 44.5 Å². The van der Waals surface area contributed by atoms with Gasteiger partial charge in [0.25, 0.3) is 22.7 Å². The van der Waals surface area contributed by atoms with Gasteiger partial charge in [-0.25, -0.2) is 17.6 Å². The Hall–Kier alpha value is -6.48. The van der Waals surface area contributed by atoms with Gasteiger partial charge in [0, 0.05) is 112 Å². The Morgan fingerprint density at radius 1 is 0.351 bits per heavy atom. The van der Waals surface area contributed by atoms with E-state index >= 15 is 8.78 Å². The van der Waals surface area contributed by atoms with Crippen LogP contribution in [-0.4, -0.2) is 19.7 Å². The third kappa shape index (κ3) is 11.6. The Bertz CT molecular complexity index is 3200. The maximum atomic E-state index is 15.4. The van der Waals surface area contributed by atoms with Gasteiger partial charge in [-0.2, -0.15) is 0 Å². The van der Waals surface area contributed by atoms with Crippen LogP contribution in [0.25, 0.3) is 44.5 Å². The fourth-order valence-electron chi connectivity index (χ4n) is 7.44. The van der Waals surface area contributed by atoms with Crippen molar-refractivity contribution in [1.82, 2.24) is 0 Å². The summed E-state index contributed by atoms with van der Waals surface area (Å²) < 4.78 is 60.1. The molecule has 8 aromatic carbocycles. The smallest absolute Gasteiger partial charge is 0.258 e. The SMILES string of the molecule is Cc1c(Sc2ccc(Cl)c(-c3ccc([N+](=O)[O-])cc3Cl)c2C)ccc(Cl)c1-c1ccc([N+](=O)[O-])cc1Cl.O=[N+]([O-])c1ccc(-c2c(F)ccc(Sc3ccc(F)c(-c4ccc([N+](=O)[O-])cc4Cl)c3F)c2F)c(Cl)c1. The normalized spacial score (nSPS) is 11.0. The summed E-state index contributed by atoms with van der Waals surface area (Å²) >= 11 is 40.0. The largest absolute Gasteiger partial charge is 0.270 e. The molecule has 0 aromatic heterocycles. The number of nitro benzene ring substituents is 4. The highest BCUT2D eigenvalue weighted by molar-refractivity contribution is 7.99. The summed E-state index contributed by atoms with van der Waals surface area (Å²) in [6.07, 6.45) is 0. The van der Waals surface area contributed by atoms with Crippen LogP contribution in [0.4, 0.5) is 40.3 Å². The molecule has 0 radical (unpaired) electrons. The molecule has 0 saturated heterocycles. The van der Waals surface area contributed by atoms with Gasteiger partial charge in [0.15, 0.2) is 0 Å². The number of non-ortho nitro benzene ring substituents is 4. The zero-order chi connectivity index (χ0) is 54.0. The molecule has 0 aliphatic rings. The van der Waals surface area contributed by atoms with Crippen molar-refractivity contribution >= 4 is 116 Å². The topological polar surface area (TPSA) is 173 Å². The van der Waals surface area contributed by atoms with Gasteiger partial charge in [0.1, 0.15) is 23.3 Å². The highest BCUT2D eigenvalue weighted by Crippen LogP contribution is 2.47.